The second-order valence-electron chi connectivity index (χ2n) is 4.05. The second kappa shape index (κ2) is 5.59. The third kappa shape index (κ3) is 2.52. The summed E-state index contributed by atoms with van der Waals surface area (Å²) in [4.78, 5) is 10.6. The lowest BCUT2D eigenvalue weighted by molar-refractivity contribution is 0.262. The molecule has 1 saturated heterocycles. The number of piperidine rings is 1. The van der Waals surface area contributed by atoms with Gasteiger partial charge in [-0.1, -0.05) is 0 Å². The average Bonchev–Trinajstić information content (AvgIpc) is 2.31. The molecular weight excluding hydrogens is 270 g/mol. The van der Waals surface area contributed by atoms with Gasteiger partial charge in [0, 0.05) is 25.4 Å². The zero-order chi connectivity index (χ0) is 11.4. The molecule has 1 atom stereocenters. The van der Waals surface area contributed by atoms with Crippen molar-refractivity contribution >= 4 is 21.7 Å². The summed E-state index contributed by atoms with van der Waals surface area (Å²) in [6, 6.07) is 0.407. The van der Waals surface area contributed by atoms with E-state index in [1.165, 1.54) is 12.8 Å². The minimum atomic E-state index is 0.240. The van der Waals surface area contributed by atoms with E-state index in [0.717, 1.165) is 29.7 Å². The maximum absolute atomic E-state index is 9.08. The van der Waals surface area contributed by atoms with Crippen LogP contribution in [-0.2, 0) is 0 Å². The zero-order valence-corrected chi connectivity index (χ0v) is 10.7. The Hall–Kier alpha value is -0.680. The molecule has 1 aliphatic rings. The molecular formula is C11H16BrN3O. The monoisotopic (exact) mass is 285 g/mol. The third-order valence-corrected chi connectivity index (χ3v) is 3.57. The second-order valence-corrected chi connectivity index (χ2v) is 4.90. The molecule has 2 heterocycles. The Bertz CT molecular complexity index is 346. The molecule has 1 aromatic heterocycles. The van der Waals surface area contributed by atoms with E-state index in [-0.39, 0.29) is 6.61 Å². The molecule has 1 aromatic rings. The molecule has 0 radical (unpaired) electrons. The molecule has 5 heteroatoms. The molecule has 1 aliphatic heterocycles. The lowest BCUT2D eigenvalue weighted by Gasteiger charge is -2.36. The summed E-state index contributed by atoms with van der Waals surface area (Å²) in [6.07, 6.45) is 7.73. The molecule has 1 fully saturated rings. The summed E-state index contributed by atoms with van der Waals surface area (Å²) < 4.78 is 0.930. The van der Waals surface area contributed by atoms with Gasteiger partial charge in [0.25, 0.3) is 0 Å². The fourth-order valence-electron chi connectivity index (χ4n) is 2.25. The van der Waals surface area contributed by atoms with Gasteiger partial charge in [-0.2, -0.15) is 0 Å². The van der Waals surface area contributed by atoms with Crippen molar-refractivity contribution in [3.05, 3.63) is 17.0 Å². The maximum Gasteiger partial charge on any atom is 0.146 e. The fourth-order valence-corrected chi connectivity index (χ4v) is 2.69. The Labute approximate surface area is 104 Å². The van der Waals surface area contributed by atoms with Crippen LogP contribution in [0.3, 0.4) is 0 Å². The van der Waals surface area contributed by atoms with Gasteiger partial charge in [-0.25, -0.2) is 9.97 Å². The zero-order valence-electron chi connectivity index (χ0n) is 9.14. The van der Waals surface area contributed by atoms with E-state index < -0.39 is 0 Å². The highest BCUT2D eigenvalue weighted by Crippen LogP contribution is 2.29. The van der Waals surface area contributed by atoms with Crippen LogP contribution in [-0.4, -0.2) is 34.3 Å². The van der Waals surface area contributed by atoms with Crippen LogP contribution in [0.5, 0.6) is 0 Å². The molecule has 0 saturated carbocycles. The molecule has 0 bridgehead atoms. The van der Waals surface area contributed by atoms with Crippen molar-refractivity contribution in [1.82, 2.24) is 9.97 Å². The number of aromatic nitrogens is 2. The first-order valence-electron chi connectivity index (χ1n) is 5.66. The molecule has 16 heavy (non-hydrogen) atoms. The van der Waals surface area contributed by atoms with Crippen LogP contribution in [0.1, 0.15) is 25.7 Å². The predicted octanol–water partition coefficient (Wildman–Crippen LogP) is 1.98. The Kier molecular flexibility index (Phi) is 4.12. The highest BCUT2D eigenvalue weighted by molar-refractivity contribution is 9.10. The van der Waals surface area contributed by atoms with Gasteiger partial charge < -0.3 is 10.0 Å². The van der Waals surface area contributed by atoms with Crippen molar-refractivity contribution in [2.75, 3.05) is 18.1 Å². The highest BCUT2D eigenvalue weighted by atomic mass is 79.9. The standard InChI is InChI=1S/C11H16BrN3O/c12-10-7-13-8-14-11(10)15-5-2-1-3-9(15)4-6-16/h7-9,16H,1-6H2. The average molecular weight is 286 g/mol. The highest BCUT2D eigenvalue weighted by Gasteiger charge is 2.24. The van der Waals surface area contributed by atoms with Crippen molar-refractivity contribution in [1.29, 1.82) is 0 Å². The van der Waals surface area contributed by atoms with Crippen molar-refractivity contribution in [3.8, 4) is 0 Å². The van der Waals surface area contributed by atoms with E-state index in [0.29, 0.717) is 6.04 Å². The first-order chi connectivity index (χ1) is 7.83. The molecule has 88 valence electrons. The van der Waals surface area contributed by atoms with Gasteiger partial charge in [0.15, 0.2) is 0 Å². The van der Waals surface area contributed by atoms with Crippen LogP contribution in [0.25, 0.3) is 0 Å². The van der Waals surface area contributed by atoms with Gasteiger partial charge in [-0.3, -0.25) is 0 Å². The van der Waals surface area contributed by atoms with Crippen LogP contribution in [0, 0.1) is 0 Å². The number of aliphatic hydroxyl groups is 1. The first-order valence-corrected chi connectivity index (χ1v) is 6.45. The van der Waals surface area contributed by atoms with Crippen molar-refractivity contribution in [3.63, 3.8) is 0 Å². The van der Waals surface area contributed by atoms with Crippen LogP contribution < -0.4 is 4.90 Å². The number of rotatable bonds is 3. The van der Waals surface area contributed by atoms with Gasteiger partial charge >= 0.3 is 0 Å². The number of nitrogens with zero attached hydrogens (tertiary/aromatic N) is 3. The first kappa shape index (κ1) is 11.8. The number of hydrogen-bond donors (Lipinski definition) is 1. The molecule has 4 nitrogen and oxygen atoms in total. The van der Waals surface area contributed by atoms with Gasteiger partial charge in [-0.05, 0) is 41.6 Å². The fraction of sp³-hybridized carbons (Fsp3) is 0.636. The summed E-state index contributed by atoms with van der Waals surface area (Å²) in [7, 11) is 0. The smallest absolute Gasteiger partial charge is 0.146 e. The summed E-state index contributed by atoms with van der Waals surface area (Å²) in [6.45, 7) is 1.25. The predicted molar refractivity (Wildman–Crippen MR) is 66.4 cm³/mol. The lowest BCUT2D eigenvalue weighted by atomic mass is 10.00. The van der Waals surface area contributed by atoms with Gasteiger partial charge in [0.1, 0.15) is 12.1 Å². The number of anilines is 1. The molecule has 0 spiro atoms. The van der Waals surface area contributed by atoms with Gasteiger partial charge in [0.2, 0.25) is 0 Å². The number of hydrogen-bond acceptors (Lipinski definition) is 4. The molecule has 0 amide bonds. The third-order valence-electron chi connectivity index (χ3n) is 3.01. The summed E-state index contributed by atoms with van der Waals surface area (Å²) in [5.74, 6) is 0.952. The van der Waals surface area contributed by atoms with Crippen molar-refractivity contribution in [2.45, 2.75) is 31.7 Å². The van der Waals surface area contributed by atoms with Gasteiger partial charge in [0.05, 0.1) is 4.47 Å². The van der Waals surface area contributed by atoms with Crippen molar-refractivity contribution < 1.29 is 5.11 Å². The van der Waals surface area contributed by atoms with E-state index in [4.69, 9.17) is 5.11 Å². The van der Waals surface area contributed by atoms with Crippen LogP contribution in [0.2, 0.25) is 0 Å². The van der Waals surface area contributed by atoms with E-state index in [1.807, 2.05) is 0 Å². The van der Waals surface area contributed by atoms with Crippen LogP contribution >= 0.6 is 15.9 Å². The summed E-state index contributed by atoms with van der Waals surface area (Å²) in [5, 5.41) is 9.08. The van der Waals surface area contributed by atoms with Crippen LogP contribution in [0.4, 0.5) is 5.82 Å². The lowest BCUT2D eigenvalue weighted by Crippen LogP contribution is -2.40. The normalized spacial score (nSPS) is 21.1. The summed E-state index contributed by atoms with van der Waals surface area (Å²) in [5.41, 5.74) is 0. The Morgan fingerprint density at radius 3 is 3.12 bits per heavy atom. The van der Waals surface area contributed by atoms with E-state index >= 15 is 0 Å². The Morgan fingerprint density at radius 2 is 2.38 bits per heavy atom. The Balaban J connectivity index is 2.19. The number of aliphatic hydroxyl groups excluding tert-OH is 1. The molecule has 1 N–H and O–H groups in total. The van der Waals surface area contributed by atoms with Crippen molar-refractivity contribution in [2.24, 2.45) is 0 Å². The largest absolute Gasteiger partial charge is 0.396 e. The molecule has 1 unspecified atom stereocenters. The van der Waals surface area contributed by atoms with E-state index in [2.05, 4.69) is 30.8 Å². The molecule has 0 aliphatic carbocycles. The van der Waals surface area contributed by atoms with Gasteiger partial charge in [-0.15, -0.1) is 0 Å². The Morgan fingerprint density at radius 1 is 1.50 bits per heavy atom. The number of halogens is 1. The topological polar surface area (TPSA) is 49.2 Å². The van der Waals surface area contributed by atoms with E-state index in [1.54, 1.807) is 12.5 Å². The molecule has 2 rings (SSSR count). The quantitative estimate of drug-likeness (QED) is 0.923. The van der Waals surface area contributed by atoms with Crippen LogP contribution in [0.15, 0.2) is 17.0 Å². The molecule has 0 aromatic carbocycles. The van der Waals surface area contributed by atoms with E-state index in [9.17, 15) is 0 Å². The SMILES string of the molecule is OCCC1CCCCN1c1ncncc1Br. The minimum absolute atomic E-state index is 0.240. The minimum Gasteiger partial charge on any atom is -0.396 e. The maximum atomic E-state index is 9.08. The summed E-state index contributed by atoms with van der Waals surface area (Å²) >= 11 is 3.48.